The minimum atomic E-state index is -0.324. The van der Waals surface area contributed by atoms with Crippen molar-refractivity contribution >= 4 is 23.6 Å². The summed E-state index contributed by atoms with van der Waals surface area (Å²) in [5.41, 5.74) is 5.07. The van der Waals surface area contributed by atoms with Crippen LogP contribution in [-0.4, -0.2) is 19.7 Å². The van der Waals surface area contributed by atoms with Gasteiger partial charge in [0.1, 0.15) is 5.75 Å². The van der Waals surface area contributed by atoms with E-state index >= 15 is 0 Å². The normalized spacial score (nSPS) is 12.9. The highest BCUT2D eigenvalue weighted by atomic mass is 35.5. The van der Waals surface area contributed by atoms with Crippen LogP contribution in [0.3, 0.4) is 0 Å². The summed E-state index contributed by atoms with van der Waals surface area (Å²) in [6, 6.07) is 1.84. The fourth-order valence-corrected chi connectivity index (χ4v) is 2.63. The van der Waals surface area contributed by atoms with Crippen LogP contribution < -0.4 is 4.74 Å². The van der Waals surface area contributed by atoms with E-state index in [-0.39, 0.29) is 5.97 Å². The van der Waals surface area contributed by atoms with Crippen molar-refractivity contribution < 1.29 is 14.3 Å². The summed E-state index contributed by atoms with van der Waals surface area (Å²) in [4.78, 5) is 11.4. The number of benzene rings is 1. The summed E-state index contributed by atoms with van der Waals surface area (Å²) in [7, 11) is 1.64. The van der Waals surface area contributed by atoms with Crippen LogP contribution >= 0.6 is 11.6 Å². The molecule has 0 aromatic heterocycles. The van der Waals surface area contributed by atoms with Crippen LogP contribution in [0.4, 0.5) is 0 Å². The second-order valence-electron chi connectivity index (χ2n) is 5.97. The quantitative estimate of drug-likeness (QED) is 0.334. The Labute approximate surface area is 161 Å². The molecule has 4 heteroatoms. The van der Waals surface area contributed by atoms with Gasteiger partial charge in [0.15, 0.2) is 0 Å². The molecule has 140 valence electrons. The topological polar surface area (TPSA) is 35.5 Å². The lowest BCUT2D eigenvalue weighted by atomic mass is 10.0. The van der Waals surface area contributed by atoms with E-state index in [0.717, 1.165) is 33.6 Å². The van der Waals surface area contributed by atoms with E-state index in [1.807, 2.05) is 64.1 Å². The zero-order valence-corrected chi connectivity index (χ0v) is 17.1. The van der Waals surface area contributed by atoms with Crippen molar-refractivity contribution in [2.24, 2.45) is 0 Å². The zero-order chi connectivity index (χ0) is 19.7. The Kier molecular flexibility index (Phi) is 8.94. The number of hydrogen-bond acceptors (Lipinski definition) is 3. The number of rotatable bonds is 7. The third-order valence-corrected chi connectivity index (χ3v) is 4.25. The van der Waals surface area contributed by atoms with E-state index < -0.39 is 0 Å². The molecular weight excluding hydrogens is 348 g/mol. The van der Waals surface area contributed by atoms with E-state index in [1.165, 1.54) is 6.08 Å². The molecule has 0 saturated carbocycles. The van der Waals surface area contributed by atoms with Gasteiger partial charge in [0.25, 0.3) is 0 Å². The Balaban J connectivity index is 2.89. The highest BCUT2D eigenvalue weighted by molar-refractivity contribution is 6.32. The fourth-order valence-electron chi connectivity index (χ4n) is 2.32. The van der Waals surface area contributed by atoms with Gasteiger partial charge >= 0.3 is 5.97 Å². The van der Waals surface area contributed by atoms with Crippen molar-refractivity contribution in [3.63, 3.8) is 0 Å². The van der Waals surface area contributed by atoms with Crippen LogP contribution in [0.25, 0.3) is 6.08 Å². The molecule has 0 aliphatic heterocycles. The first-order valence-electron chi connectivity index (χ1n) is 8.51. The molecule has 26 heavy (non-hydrogen) atoms. The molecule has 3 nitrogen and oxygen atoms in total. The first-order chi connectivity index (χ1) is 12.3. The maximum Gasteiger partial charge on any atom is 0.330 e. The van der Waals surface area contributed by atoms with Gasteiger partial charge in [0.2, 0.25) is 0 Å². The van der Waals surface area contributed by atoms with Gasteiger partial charge in [-0.25, -0.2) is 4.79 Å². The lowest BCUT2D eigenvalue weighted by Crippen LogP contribution is -1.99. The maximum absolute atomic E-state index is 11.4. The molecule has 0 fully saturated rings. The molecule has 1 rings (SSSR count). The number of methoxy groups -OCH3 is 1. The lowest BCUT2D eigenvalue weighted by molar-refractivity contribution is -0.137. The zero-order valence-electron chi connectivity index (χ0n) is 16.4. The van der Waals surface area contributed by atoms with Crippen LogP contribution in [0.5, 0.6) is 5.75 Å². The van der Waals surface area contributed by atoms with Crippen LogP contribution in [0.2, 0.25) is 5.02 Å². The van der Waals surface area contributed by atoms with Crippen molar-refractivity contribution in [1.29, 1.82) is 0 Å². The summed E-state index contributed by atoms with van der Waals surface area (Å²) < 4.78 is 10.2. The van der Waals surface area contributed by atoms with Gasteiger partial charge in [0.05, 0.1) is 18.7 Å². The molecule has 0 atom stereocenters. The minimum absolute atomic E-state index is 0.324. The second-order valence-corrected chi connectivity index (χ2v) is 6.38. The molecular formula is C22H27ClO3. The van der Waals surface area contributed by atoms with E-state index in [2.05, 4.69) is 0 Å². The monoisotopic (exact) mass is 374 g/mol. The number of ether oxygens (including phenoxy) is 2. The van der Waals surface area contributed by atoms with Crippen molar-refractivity contribution in [2.45, 2.75) is 34.6 Å². The molecule has 0 heterocycles. The first kappa shape index (κ1) is 21.8. The number of carbonyl (C=O) groups excluding carboxylic acids is 1. The number of halogens is 1. The Morgan fingerprint density at radius 1 is 1.15 bits per heavy atom. The van der Waals surface area contributed by atoms with Crippen LogP contribution in [-0.2, 0) is 9.53 Å². The van der Waals surface area contributed by atoms with Gasteiger partial charge in [-0.05, 0) is 62.9 Å². The van der Waals surface area contributed by atoms with E-state index in [1.54, 1.807) is 14.0 Å². The summed E-state index contributed by atoms with van der Waals surface area (Å²) in [5.74, 6) is 0.471. The minimum Gasteiger partial charge on any atom is -0.496 e. The summed E-state index contributed by atoms with van der Waals surface area (Å²) in [5, 5.41) is 0.665. The van der Waals surface area contributed by atoms with Gasteiger partial charge in [0, 0.05) is 6.08 Å². The van der Waals surface area contributed by atoms with Gasteiger partial charge in [-0.2, -0.15) is 0 Å². The number of esters is 1. The predicted molar refractivity (Wildman–Crippen MR) is 110 cm³/mol. The number of carbonyl (C=O) groups is 1. The van der Waals surface area contributed by atoms with Gasteiger partial charge in [-0.3, -0.25) is 0 Å². The number of hydrogen-bond donors (Lipinski definition) is 0. The van der Waals surface area contributed by atoms with Crippen LogP contribution in [0.15, 0.2) is 47.6 Å². The fraction of sp³-hybridized carbons (Fsp3) is 0.318. The lowest BCUT2D eigenvalue weighted by Gasteiger charge is -2.12. The molecule has 0 unspecified atom stereocenters. The highest BCUT2D eigenvalue weighted by Crippen LogP contribution is 2.32. The molecule has 0 aliphatic rings. The van der Waals surface area contributed by atoms with Gasteiger partial charge in [-0.15, -0.1) is 0 Å². The van der Waals surface area contributed by atoms with Crippen LogP contribution in [0, 0.1) is 13.8 Å². The molecule has 0 bridgehead atoms. The average molecular weight is 375 g/mol. The second kappa shape index (κ2) is 10.7. The Morgan fingerprint density at radius 3 is 2.46 bits per heavy atom. The first-order valence-corrected chi connectivity index (χ1v) is 8.89. The van der Waals surface area contributed by atoms with Gasteiger partial charge < -0.3 is 9.47 Å². The van der Waals surface area contributed by atoms with Crippen LogP contribution in [0.1, 0.15) is 37.5 Å². The van der Waals surface area contributed by atoms with Crippen molar-refractivity contribution in [1.82, 2.24) is 0 Å². The Bertz CT molecular complexity index is 768. The predicted octanol–water partition coefficient (Wildman–Crippen LogP) is 5.99. The molecule has 1 aromatic carbocycles. The SMILES string of the molecule is CCOC(=O)/C=C(C)/C=C/C=C(C)/C=C/c1c(Cl)cc(OC)c(C)c1C. The third-order valence-electron chi connectivity index (χ3n) is 3.93. The Hall–Kier alpha value is -2.26. The van der Waals surface area contributed by atoms with Crippen molar-refractivity contribution in [3.05, 3.63) is 69.3 Å². The highest BCUT2D eigenvalue weighted by Gasteiger charge is 2.09. The summed E-state index contributed by atoms with van der Waals surface area (Å²) >= 11 is 6.37. The van der Waals surface area contributed by atoms with E-state index in [9.17, 15) is 4.79 Å². The molecule has 1 aromatic rings. The summed E-state index contributed by atoms with van der Waals surface area (Å²) in [6.07, 6.45) is 11.2. The van der Waals surface area contributed by atoms with Crippen molar-refractivity contribution in [3.8, 4) is 5.75 Å². The smallest absolute Gasteiger partial charge is 0.330 e. The maximum atomic E-state index is 11.4. The van der Waals surface area contributed by atoms with E-state index in [0.29, 0.717) is 11.6 Å². The Morgan fingerprint density at radius 2 is 1.85 bits per heavy atom. The molecule has 0 amide bonds. The molecule has 0 aliphatic carbocycles. The van der Waals surface area contributed by atoms with Crippen molar-refractivity contribution in [2.75, 3.05) is 13.7 Å². The molecule has 0 N–H and O–H groups in total. The van der Waals surface area contributed by atoms with E-state index in [4.69, 9.17) is 21.1 Å². The summed E-state index contributed by atoms with van der Waals surface area (Å²) in [6.45, 7) is 10.1. The van der Waals surface area contributed by atoms with Gasteiger partial charge in [-0.1, -0.05) is 47.6 Å². The largest absolute Gasteiger partial charge is 0.496 e. The molecule has 0 saturated heterocycles. The average Bonchev–Trinajstić information content (AvgIpc) is 2.58. The third kappa shape index (κ3) is 6.57. The molecule has 0 radical (unpaired) electrons. The standard InChI is InChI=1S/C22H27ClO3/c1-7-26-22(24)13-16(3)10-8-9-15(2)11-12-19-17(4)18(5)21(25-6)14-20(19)23/h8-14H,7H2,1-6H3/b10-8+,12-11+,15-9+,16-13+. The molecule has 0 spiro atoms. The number of allylic oxidation sites excluding steroid dienone is 6.